The molecule has 2 atom stereocenters. The maximum atomic E-state index is 12.1. The Balaban J connectivity index is 1.61. The quantitative estimate of drug-likeness (QED) is 0.678. The second-order valence-electron chi connectivity index (χ2n) is 6.32. The van der Waals surface area contributed by atoms with Crippen LogP contribution in [0.25, 0.3) is 0 Å². The summed E-state index contributed by atoms with van der Waals surface area (Å²) in [6, 6.07) is 5.60. The summed E-state index contributed by atoms with van der Waals surface area (Å²) in [5.74, 6) is 0.994. The summed E-state index contributed by atoms with van der Waals surface area (Å²) in [7, 11) is -0.998. The number of benzene rings is 1. The molecule has 0 saturated carbocycles. The van der Waals surface area contributed by atoms with E-state index >= 15 is 0 Å². The molecule has 2 heterocycles. The summed E-state index contributed by atoms with van der Waals surface area (Å²) in [5, 5.41) is 23.8. The summed E-state index contributed by atoms with van der Waals surface area (Å²) < 4.78 is 5.62. The molecule has 0 aromatic heterocycles. The van der Waals surface area contributed by atoms with Crippen molar-refractivity contribution in [3.05, 3.63) is 29.3 Å². The molecule has 124 valence electrons. The van der Waals surface area contributed by atoms with E-state index in [1.54, 1.807) is 24.8 Å². The largest absolute Gasteiger partial charge is 0.535 e. The molecule has 0 aliphatic carbocycles. The lowest BCUT2D eigenvalue weighted by Gasteiger charge is -2.30. The fraction of sp³-hybridized carbons (Fsp3) is 0.562. The van der Waals surface area contributed by atoms with Crippen molar-refractivity contribution in [2.75, 3.05) is 18.8 Å². The first-order valence-electron chi connectivity index (χ1n) is 8.03. The molecule has 1 fully saturated rings. The molecule has 0 radical (unpaired) electrons. The van der Waals surface area contributed by atoms with E-state index < -0.39 is 13.2 Å². The summed E-state index contributed by atoms with van der Waals surface area (Å²) in [6.07, 6.45) is 0.272. The highest BCUT2D eigenvalue weighted by Crippen LogP contribution is 2.38. The third kappa shape index (κ3) is 3.91. The molecule has 0 spiro atoms. The molecular formula is C16H22BNO4S. The van der Waals surface area contributed by atoms with Crippen LogP contribution in [0, 0.1) is 0 Å². The van der Waals surface area contributed by atoms with Crippen molar-refractivity contribution in [2.45, 2.75) is 36.9 Å². The second kappa shape index (κ2) is 7.26. The molecule has 5 nitrogen and oxygen atoms in total. The SMILES string of the molecule is CC(O)c1cccc2c1OB(O)[C@@H](CC(=O)CSC1CNC1)C2. The van der Waals surface area contributed by atoms with Crippen molar-refractivity contribution in [1.29, 1.82) is 0 Å². The lowest BCUT2D eigenvalue weighted by atomic mass is 9.64. The summed E-state index contributed by atoms with van der Waals surface area (Å²) in [6.45, 7) is 3.62. The van der Waals surface area contributed by atoms with Gasteiger partial charge in [-0.3, -0.25) is 4.79 Å². The van der Waals surface area contributed by atoms with E-state index in [-0.39, 0.29) is 11.6 Å². The zero-order valence-corrected chi connectivity index (χ0v) is 14.0. The van der Waals surface area contributed by atoms with Gasteiger partial charge in [0, 0.05) is 36.1 Å². The molecule has 0 amide bonds. The molecule has 1 aromatic rings. The minimum Gasteiger partial charge on any atom is -0.535 e. The Hall–Kier alpha value is -1.02. The first kappa shape index (κ1) is 16.8. The fourth-order valence-corrected chi connectivity index (χ4v) is 3.96. The molecule has 0 bridgehead atoms. The van der Waals surface area contributed by atoms with E-state index in [9.17, 15) is 14.9 Å². The Morgan fingerprint density at radius 2 is 2.30 bits per heavy atom. The molecule has 3 rings (SSSR count). The highest BCUT2D eigenvalue weighted by Gasteiger charge is 2.37. The van der Waals surface area contributed by atoms with E-state index in [1.807, 2.05) is 12.1 Å². The van der Waals surface area contributed by atoms with Crippen LogP contribution in [-0.4, -0.2) is 47.1 Å². The maximum absolute atomic E-state index is 12.1. The highest BCUT2D eigenvalue weighted by molar-refractivity contribution is 8.00. The monoisotopic (exact) mass is 335 g/mol. The predicted molar refractivity (Wildman–Crippen MR) is 91.9 cm³/mol. The van der Waals surface area contributed by atoms with Crippen LogP contribution in [0.3, 0.4) is 0 Å². The Morgan fingerprint density at radius 3 is 2.96 bits per heavy atom. The van der Waals surface area contributed by atoms with Gasteiger partial charge in [-0.15, -0.1) is 11.8 Å². The summed E-state index contributed by atoms with van der Waals surface area (Å²) in [5.41, 5.74) is 1.63. The van der Waals surface area contributed by atoms with Crippen LogP contribution in [0.2, 0.25) is 5.82 Å². The number of hydrogen-bond acceptors (Lipinski definition) is 6. The van der Waals surface area contributed by atoms with E-state index in [0.717, 1.165) is 18.7 Å². The van der Waals surface area contributed by atoms with Gasteiger partial charge in [0.2, 0.25) is 0 Å². The van der Waals surface area contributed by atoms with Gasteiger partial charge >= 0.3 is 7.12 Å². The normalized spacial score (nSPS) is 22.0. The van der Waals surface area contributed by atoms with Crippen LogP contribution in [0.1, 0.15) is 30.6 Å². The Kier molecular flexibility index (Phi) is 5.31. The number of fused-ring (bicyclic) bond motifs is 1. The van der Waals surface area contributed by atoms with Gasteiger partial charge in [0.1, 0.15) is 11.5 Å². The van der Waals surface area contributed by atoms with Gasteiger partial charge in [-0.25, -0.2) is 0 Å². The molecule has 1 unspecified atom stereocenters. The van der Waals surface area contributed by atoms with Gasteiger partial charge in [-0.2, -0.15) is 0 Å². The topological polar surface area (TPSA) is 78.8 Å². The minimum atomic E-state index is -0.998. The predicted octanol–water partition coefficient (Wildman–Crippen LogP) is 1.19. The van der Waals surface area contributed by atoms with Gasteiger partial charge in [0.25, 0.3) is 0 Å². The average Bonchev–Trinajstić information content (AvgIpc) is 2.45. The van der Waals surface area contributed by atoms with E-state index in [2.05, 4.69) is 5.32 Å². The van der Waals surface area contributed by atoms with E-state index in [4.69, 9.17) is 4.65 Å². The van der Waals surface area contributed by atoms with Crippen LogP contribution in [0.5, 0.6) is 5.75 Å². The van der Waals surface area contributed by atoms with Gasteiger partial charge in [-0.05, 0) is 18.9 Å². The third-order valence-corrected chi connectivity index (χ3v) is 5.71. The molecular weight excluding hydrogens is 313 g/mol. The number of hydrogen-bond donors (Lipinski definition) is 3. The zero-order valence-electron chi connectivity index (χ0n) is 13.2. The summed E-state index contributed by atoms with van der Waals surface area (Å²) >= 11 is 1.69. The maximum Gasteiger partial charge on any atom is 0.526 e. The zero-order chi connectivity index (χ0) is 16.4. The first-order valence-corrected chi connectivity index (χ1v) is 9.08. The van der Waals surface area contributed by atoms with Crippen LogP contribution in [0.4, 0.5) is 0 Å². The Bertz CT molecular complexity index is 579. The number of rotatable bonds is 6. The number of thioether (sulfide) groups is 1. The van der Waals surface area contributed by atoms with Crippen molar-refractivity contribution in [1.82, 2.24) is 5.32 Å². The Morgan fingerprint density at radius 1 is 1.52 bits per heavy atom. The first-order chi connectivity index (χ1) is 11.0. The van der Waals surface area contributed by atoms with Crippen LogP contribution in [0.15, 0.2) is 18.2 Å². The van der Waals surface area contributed by atoms with Crippen molar-refractivity contribution in [2.24, 2.45) is 0 Å². The number of aliphatic hydroxyl groups excluding tert-OH is 1. The molecule has 2 aliphatic heterocycles. The molecule has 1 saturated heterocycles. The third-order valence-electron chi connectivity index (χ3n) is 4.41. The fourth-order valence-electron chi connectivity index (χ4n) is 2.95. The van der Waals surface area contributed by atoms with Gasteiger partial charge in [-0.1, -0.05) is 18.2 Å². The molecule has 2 aliphatic rings. The lowest BCUT2D eigenvalue weighted by molar-refractivity contribution is -0.116. The standard InChI is InChI=1S/C16H22BNO4S/c1-10(19)15-4-2-3-11-5-12(17(21)22-16(11)15)6-13(20)9-23-14-7-18-8-14/h2-4,10,12,14,18-19,21H,5-9H2,1H3/t10?,12-/m1/s1. The van der Waals surface area contributed by atoms with Gasteiger partial charge in [0.15, 0.2) is 0 Å². The minimum absolute atomic E-state index is 0.157. The van der Waals surface area contributed by atoms with Crippen molar-refractivity contribution in [3.8, 4) is 5.75 Å². The number of para-hydroxylation sites is 1. The van der Waals surface area contributed by atoms with Crippen molar-refractivity contribution >= 4 is 24.7 Å². The highest BCUT2D eigenvalue weighted by atomic mass is 32.2. The number of Topliss-reactive ketones (excluding diaryl/α,β-unsaturated/α-hetero) is 1. The van der Waals surface area contributed by atoms with Gasteiger partial charge in [0.05, 0.1) is 11.9 Å². The molecule has 1 aromatic carbocycles. The van der Waals surface area contributed by atoms with Crippen LogP contribution < -0.4 is 9.97 Å². The second-order valence-corrected chi connectivity index (χ2v) is 7.61. The van der Waals surface area contributed by atoms with Crippen molar-refractivity contribution < 1.29 is 19.6 Å². The average molecular weight is 335 g/mol. The molecule has 3 N–H and O–H groups in total. The smallest absolute Gasteiger partial charge is 0.526 e. The number of carbonyl (C=O) groups excluding carboxylic acids is 1. The number of carbonyl (C=O) groups is 1. The summed E-state index contributed by atoms with van der Waals surface area (Å²) in [4.78, 5) is 12.1. The van der Waals surface area contributed by atoms with E-state index in [1.165, 1.54) is 0 Å². The molecule has 23 heavy (non-hydrogen) atoms. The number of nitrogens with one attached hydrogen (secondary N) is 1. The van der Waals surface area contributed by atoms with Crippen LogP contribution >= 0.6 is 11.8 Å². The lowest BCUT2D eigenvalue weighted by Crippen LogP contribution is -2.45. The van der Waals surface area contributed by atoms with E-state index in [0.29, 0.717) is 35.2 Å². The van der Waals surface area contributed by atoms with Crippen molar-refractivity contribution in [3.63, 3.8) is 0 Å². The number of ketones is 1. The van der Waals surface area contributed by atoms with Crippen LogP contribution in [-0.2, 0) is 11.2 Å². The number of aliphatic hydroxyl groups is 1. The Labute approximate surface area is 140 Å². The van der Waals surface area contributed by atoms with Gasteiger partial charge < -0.3 is 20.1 Å². The molecule has 7 heteroatoms.